The quantitative estimate of drug-likeness (QED) is 0.368. The van der Waals surface area contributed by atoms with Crippen molar-refractivity contribution < 1.29 is 23.8 Å². The van der Waals surface area contributed by atoms with E-state index >= 15 is 0 Å². The van der Waals surface area contributed by atoms with Crippen molar-refractivity contribution in [3.8, 4) is 0 Å². The SMILES string of the molecule is CCOC(=O)CCCOP(O)O. The molecule has 0 aliphatic carbocycles. The Bertz CT molecular complexity index is 127. The van der Waals surface area contributed by atoms with Crippen LogP contribution in [0.2, 0.25) is 0 Å². The van der Waals surface area contributed by atoms with Crippen LogP contribution in [0.1, 0.15) is 19.8 Å². The first-order valence-corrected chi connectivity index (χ1v) is 4.79. The van der Waals surface area contributed by atoms with Crippen LogP contribution in [-0.2, 0) is 14.1 Å². The molecule has 0 saturated carbocycles. The maximum absolute atomic E-state index is 10.7. The van der Waals surface area contributed by atoms with Gasteiger partial charge >= 0.3 is 14.6 Å². The topological polar surface area (TPSA) is 76.0 Å². The molecule has 6 heteroatoms. The first-order chi connectivity index (χ1) is 5.66. The van der Waals surface area contributed by atoms with Gasteiger partial charge in [-0.05, 0) is 13.3 Å². The lowest BCUT2D eigenvalue weighted by molar-refractivity contribution is -0.143. The number of hydrogen-bond donors (Lipinski definition) is 2. The Morgan fingerprint density at radius 2 is 2.17 bits per heavy atom. The van der Waals surface area contributed by atoms with Crippen LogP contribution in [0.5, 0.6) is 0 Å². The zero-order valence-electron chi connectivity index (χ0n) is 6.89. The van der Waals surface area contributed by atoms with Crippen LogP contribution in [0, 0.1) is 0 Å². The van der Waals surface area contributed by atoms with E-state index in [1.54, 1.807) is 6.92 Å². The van der Waals surface area contributed by atoms with Crippen molar-refractivity contribution in [2.45, 2.75) is 19.8 Å². The van der Waals surface area contributed by atoms with Crippen molar-refractivity contribution in [1.29, 1.82) is 0 Å². The maximum Gasteiger partial charge on any atom is 0.327 e. The summed E-state index contributed by atoms with van der Waals surface area (Å²) < 4.78 is 9.07. The maximum atomic E-state index is 10.7. The van der Waals surface area contributed by atoms with Crippen molar-refractivity contribution in [3.05, 3.63) is 0 Å². The summed E-state index contributed by atoms with van der Waals surface area (Å²) in [7, 11) is -2.29. The lowest BCUT2D eigenvalue weighted by Gasteiger charge is -2.03. The van der Waals surface area contributed by atoms with Crippen molar-refractivity contribution in [3.63, 3.8) is 0 Å². The normalized spacial score (nSPS) is 10.3. The second kappa shape index (κ2) is 7.43. The fourth-order valence-electron chi connectivity index (χ4n) is 0.596. The van der Waals surface area contributed by atoms with E-state index in [1.807, 2.05) is 0 Å². The number of esters is 1. The van der Waals surface area contributed by atoms with Gasteiger partial charge in [-0.15, -0.1) is 0 Å². The van der Waals surface area contributed by atoms with E-state index in [0.29, 0.717) is 13.0 Å². The standard InChI is InChI=1S/C6H13O5P/c1-2-10-6(7)4-3-5-11-12(8)9/h8-9H,2-5H2,1H3. The zero-order chi connectivity index (χ0) is 9.40. The van der Waals surface area contributed by atoms with Crippen LogP contribution in [0.4, 0.5) is 0 Å². The Balaban J connectivity index is 3.14. The average Bonchev–Trinajstić information content (AvgIpc) is 1.98. The molecule has 0 spiro atoms. The Kier molecular flexibility index (Phi) is 7.29. The van der Waals surface area contributed by atoms with Crippen molar-refractivity contribution >= 4 is 14.6 Å². The van der Waals surface area contributed by atoms with E-state index in [2.05, 4.69) is 9.26 Å². The largest absolute Gasteiger partial charge is 0.466 e. The molecular weight excluding hydrogens is 183 g/mol. The Labute approximate surface area is 72.3 Å². The van der Waals surface area contributed by atoms with Gasteiger partial charge in [0.25, 0.3) is 0 Å². The van der Waals surface area contributed by atoms with Crippen LogP contribution in [0.25, 0.3) is 0 Å². The number of carbonyl (C=O) groups excluding carboxylic acids is 1. The van der Waals surface area contributed by atoms with Crippen LogP contribution < -0.4 is 0 Å². The Morgan fingerprint density at radius 3 is 2.67 bits per heavy atom. The first-order valence-electron chi connectivity index (χ1n) is 3.63. The van der Waals surface area contributed by atoms with Crippen LogP contribution in [-0.4, -0.2) is 29.0 Å². The molecule has 0 bridgehead atoms. The van der Waals surface area contributed by atoms with E-state index in [0.717, 1.165) is 0 Å². The molecule has 0 aromatic rings. The second-order valence-corrected chi connectivity index (χ2v) is 2.76. The molecule has 0 aliphatic heterocycles. The van der Waals surface area contributed by atoms with Gasteiger partial charge in [-0.1, -0.05) is 0 Å². The van der Waals surface area contributed by atoms with Gasteiger partial charge in [-0.3, -0.25) is 4.79 Å². The van der Waals surface area contributed by atoms with Crippen molar-refractivity contribution in [1.82, 2.24) is 0 Å². The van der Waals surface area contributed by atoms with Gasteiger partial charge in [-0.25, -0.2) is 0 Å². The van der Waals surface area contributed by atoms with Gasteiger partial charge in [0, 0.05) is 6.42 Å². The van der Waals surface area contributed by atoms with Gasteiger partial charge in [0.15, 0.2) is 0 Å². The Morgan fingerprint density at radius 1 is 1.50 bits per heavy atom. The molecule has 5 nitrogen and oxygen atoms in total. The van der Waals surface area contributed by atoms with E-state index in [4.69, 9.17) is 9.79 Å². The molecule has 0 aromatic heterocycles. The molecule has 0 amide bonds. The fourth-order valence-corrected chi connectivity index (χ4v) is 0.888. The molecular formula is C6H13O5P. The number of ether oxygens (including phenoxy) is 1. The minimum Gasteiger partial charge on any atom is -0.466 e. The van der Waals surface area contributed by atoms with Crippen molar-refractivity contribution in [2.75, 3.05) is 13.2 Å². The highest BCUT2D eigenvalue weighted by Crippen LogP contribution is 2.24. The first kappa shape index (κ1) is 11.8. The molecule has 72 valence electrons. The third kappa shape index (κ3) is 7.88. The highest BCUT2D eigenvalue weighted by molar-refractivity contribution is 7.39. The van der Waals surface area contributed by atoms with Crippen LogP contribution in [0.15, 0.2) is 0 Å². The summed E-state index contributed by atoms with van der Waals surface area (Å²) >= 11 is 0. The summed E-state index contributed by atoms with van der Waals surface area (Å²) in [5.41, 5.74) is 0. The summed E-state index contributed by atoms with van der Waals surface area (Å²) in [6, 6.07) is 0. The predicted octanol–water partition coefficient (Wildman–Crippen LogP) is 0.558. The smallest absolute Gasteiger partial charge is 0.327 e. The lowest BCUT2D eigenvalue weighted by atomic mass is 10.3. The number of rotatable bonds is 6. The highest BCUT2D eigenvalue weighted by atomic mass is 31.2. The molecule has 0 aliphatic rings. The molecule has 0 radical (unpaired) electrons. The molecule has 0 saturated heterocycles. The molecule has 0 aromatic carbocycles. The highest BCUT2D eigenvalue weighted by Gasteiger charge is 2.02. The third-order valence-corrected chi connectivity index (χ3v) is 1.45. The van der Waals surface area contributed by atoms with E-state index in [-0.39, 0.29) is 19.0 Å². The monoisotopic (exact) mass is 196 g/mol. The van der Waals surface area contributed by atoms with Gasteiger partial charge in [0.05, 0.1) is 13.2 Å². The van der Waals surface area contributed by atoms with Crippen molar-refractivity contribution in [2.24, 2.45) is 0 Å². The number of carbonyl (C=O) groups is 1. The summed E-state index contributed by atoms with van der Waals surface area (Å²) in [6.07, 6.45) is 0.690. The summed E-state index contributed by atoms with van der Waals surface area (Å²) in [6.45, 7) is 2.26. The minimum atomic E-state index is -2.29. The van der Waals surface area contributed by atoms with Gasteiger partial charge in [-0.2, -0.15) is 0 Å². The van der Waals surface area contributed by atoms with E-state index in [1.165, 1.54) is 0 Å². The molecule has 0 atom stereocenters. The number of hydrogen-bond acceptors (Lipinski definition) is 5. The molecule has 0 heterocycles. The van der Waals surface area contributed by atoms with Gasteiger partial charge in [0.1, 0.15) is 0 Å². The molecule has 12 heavy (non-hydrogen) atoms. The van der Waals surface area contributed by atoms with E-state index in [9.17, 15) is 4.79 Å². The predicted molar refractivity (Wildman–Crippen MR) is 43.2 cm³/mol. The molecule has 0 rings (SSSR count). The van der Waals surface area contributed by atoms with Gasteiger partial charge < -0.3 is 19.0 Å². The van der Waals surface area contributed by atoms with Gasteiger partial charge in [0.2, 0.25) is 0 Å². The molecule has 2 N–H and O–H groups in total. The third-order valence-electron chi connectivity index (χ3n) is 1.04. The summed E-state index contributed by atoms with van der Waals surface area (Å²) in [5, 5.41) is 0. The van der Waals surface area contributed by atoms with Crippen LogP contribution in [0.3, 0.4) is 0 Å². The van der Waals surface area contributed by atoms with Crippen LogP contribution >= 0.6 is 8.60 Å². The molecule has 0 unspecified atom stereocenters. The van der Waals surface area contributed by atoms with E-state index < -0.39 is 8.60 Å². The summed E-state index contributed by atoms with van der Waals surface area (Å²) in [5.74, 6) is -0.290. The summed E-state index contributed by atoms with van der Waals surface area (Å²) in [4.78, 5) is 27.3. The average molecular weight is 196 g/mol. The zero-order valence-corrected chi connectivity index (χ0v) is 7.79. The second-order valence-electron chi connectivity index (χ2n) is 1.99. The fraction of sp³-hybridized carbons (Fsp3) is 0.833. The molecule has 0 fully saturated rings. The lowest BCUT2D eigenvalue weighted by Crippen LogP contribution is -2.04. The Hall–Kier alpha value is -0.220. The minimum absolute atomic E-state index is 0.164.